The van der Waals surface area contributed by atoms with Gasteiger partial charge in [-0.3, -0.25) is 0 Å². The van der Waals surface area contributed by atoms with Crippen molar-refractivity contribution in [2.45, 2.75) is 44.2 Å². The number of aliphatic hydroxyl groups is 1. The third kappa shape index (κ3) is 2.96. The van der Waals surface area contributed by atoms with E-state index in [1.165, 1.54) is 32.8 Å². The highest BCUT2D eigenvalue weighted by molar-refractivity contribution is 5.75. The van der Waals surface area contributed by atoms with E-state index < -0.39 is 18.1 Å². The van der Waals surface area contributed by atoms with Crippen molar-refractivity contribution in [1.29, 1.82) is 0 Å². The molecule has 2 unspecified atom stereocenters. The van der Waals surface area contributed by atoms with Crippen molar-refractivity contribution in [2.24, 2.45) is 11.7 Å². The number of hydrogen-bond donors (Lipinski definition) is 2. The van der Waals surface area contributed by atoms with Crippen LogP contribution in [0.1, 0.15) is 32.1 Å². The van der Waals surface area contributed by atoms with Crippen LogP contribution in [0.2, 0.25) is 0 Å². The molecule has 1 rings (SSSR count). The minimum absolute atomic E-state index is 0.481. The molecule has 1 aliphatic carbocycles. The van der Waals surface area contributed by atoms with Crippen molar-refractivity contribution in [3.8, 4) is 0 Å². The number of rotatable bonds is 4. The zero-order valence-electron chi connectivity index (χ0n) is 8.61. The number of carbonyl (C=O) groups is 1. The van der Waals surface area contributed by atoms with Crippen LogP contribution in [0.4, 0.5) is 0 Å². The van der Waals surface area contributed by atoms with Crippen molar-refractivity contribution in [3.05, 3.63) is 0 Å². The monoisotopic (exact) mass is 201 g/mol. The van der Waals surface area contributed by atoms with Gasteiger partial charge in [-0.1, -0.05) is 25.7 Å². The van der Waals surface area contributed by atoms with Crippen LogP contribution >= 0.6 is 0 Å². The zero-order valence-corrected chi connectivity index (χ0v) is 8.61. The lowest BCUT2D eigenvalue weighted by atomic mass is 9.96. The zero-order chi connectivity index (χ0) is 10.6. The summed E-state index contributed by atoms with van der Waals surface area (Å²) in [6.07, 6.45) is 4.37. The molecule has 1 fully saturated rings. The third-order valence-corrected chi connectivity index (χ3v) is 2.93. The number of ether oxygens (including phenoxy) is 1. The van der Waals surface area contributed by atoms with Crippen molar-refractivity contribution in [3.63, 3.8) is 0 Å². The molecule has 0 aromatic rings. The van der Waals surface area contributed by atoms with E-state index in [9.17, 15) is 9.90 Å². The van der Waals surface area contributed by atoms with Gasteiger partial charge in [-0.05, 0) is 12.3 Å². The first-order valence-corrected chi connectivity index (χ1v) is 5.16. The second kappa shape index (κ2) is 5.32. The smallest absolute Gasteiger partial charge is 0.336 e. The second-order valence-electron chi connectivity index (χ2n) is 4.02. The summed E-state index contributed by atoms with van der Waals surface area (Å²) in [5.74, 6) is -0.0557. The molecule has 0 spiro atoms. The van der Waals surface area contributed by atoms with Crippen molar-refractivity contribution >= 4 is 5.97 Å². The van der Waals surface area contributed by atoms with E-state index in [-0.39, 0.29) is 0 Å². The summed E-state index contributed by atoms with van der Waals surface area (Å²) >= 11 is 0. The summed E-state index contributed by atoms with van der Waals surface area (Å²) in [6.45, 7) is 0. The number of methoxy groups -OCH3 is 1. The van der Waals surface area contributed by atoms with Crippen LogP contribution in [0.3, 0.4) is 0 Å². The molecule has 0 heterocycles. The Labute approximate surface area is 84.4 Å². The molecule has 1 saturated carbocycles. The minimum Gasteiger partial charge on any atom is -0.467 e. The largest absolute Gasteiger partial charge is 0.467 e. The second-order valence-corrected chi connectivity index (χ2v) is 4.02. The molecule has 0 saturated heterocycles. The fourth-order valence-electron chi connectivity index (χ4n) is 2.06. The van der Waals surface area contributed by atoms with Crippen LogP contribution in [0.15, 0.2) is 0 Å². The number of aliphatic hydroxyl groups excluding tert-OH is 1. The quantitative estimate of drug-likeness (QED) is 0.647. The predicted molar refractivity (Wildman–Crippen MR) is 52.6 cm³/mol. The maximum absolute atomic E-state index is 11.0. The summed E-state index contributed by atoms with van der Waals surface area (Å²) in [6, 6.07) is -0.481. The van der Waals surface area contributed by atoms with Gasteiger partial charge in [-0.2, -0.15) is 0 Å². The van der Waals surface area contributed by atoms with Gasteiger partial charge in [-0.25, -0.2) is 4.79 Å². The van der Waals surface area contributed by atoms with Gasteiger partial charge in [0.15, 0.2) is 6.10 Å². The Bertz CT molecular complexity index is 190. The Morgan fingerprint density at radius 1 is 1.57 bits per heavy atom. The first-order valence-electron chi connectivity index (χ1n) is 5.16. The standard InChI is InChI=1S/C10H19NO3/c1-14-10(13)9(12)8(11)6-7-4-2-3-5-7/h7-9,12H,2-6,11H2,1H3. The predicted octanol–water partition coefficient (Wildman–Crippen LogP) is 0.428. The van der Waals surface area contributed by atoms with E-state index in [0.29, 0.717) is 5.92 Å². The van der Waals surface area contributed by atoms with Gasteiger partial charge in [0.1, 0.15) is 0 Å². The van der Waals surface area contributed by atoms with Gasteiger partial charge in [0.25, 0.3) is 0 Å². The number of carbonyl (C=O) groups excluding carboxylic acids is 1. The number of nitrogens with two attached hydrogens (primary N) is 1. The Morgan fingerprint density at radius 2 is 2.14 bits per heavy atom. The van der Waals surface area contributed by atoms with Crippen LogP contribution in [0, 0.1) is 5.92 Å². The average molecular weight is 201 g/mol. The molecule has 82 valence electrons. The van der Waals surface area contributed by atoms with E-state index >= 15 is 0 Å². The topological polar surface area (TPSA) is 72.5 Å². The molecule has 0 bridgehead atoms. The summed E-state index contributed by atoms with van der Waals surface area (Å²) < 4.78 is 4.43. The van der Waals surface area contributed by atoms with Gasteiger partial charge in [-0.15, -0.1) is 0 Å². The van der Waals surface area contributed by atoms with Gasteiger partial charge in [0.2, 0.25) is 0 Å². The molecule has 1 aliphatic rings. The first-order chi connectivity index (χ1) is 6.65. The summed E-state index contributed by atoms with van der Waals surface area (Å²) in [5.41, 5.74) is 5.72. The SMILES string of the molecule is COC(=O)C(O)C(N)CC1CCCC1. The van der Waals surface area contributed by atoms with E-state index in [4.69, 9.17) is 5.73 Å². The van der Waals surface area contributed by atoms with Gasteiger partial charge >= 0.3 is 5.97 Å². The summed E-state index contributed by atoms with van der Waals surface area (Å²) in [5, 5.41) is 9.45. The van der Waals surface area contributed by atoms with Crippen LogP contribution in [0.25, 0.3) is 0 Å². The molecule has 0 radical (unpaired) electrons. The molecule has 3 N–H and O–H groups in total. The molecule has 2 atom stereocenters. The van der Waals surface area contributed by atoms with E-state index in [1.807, 2.05) is 0 Å². The highest BCUT2D eigenvalue weighted by Gasteiger charge is 2.27. The van der Waals surface area contributed by atoms with Crippen molar-refractivity contribution < 1.29 is 14.6 Å². The lowest BCUT2D eigenvalue weighted by Crippen LogP contribution is -2.42. The Morgan fingerprint density at radius 3 is 2.64 bits per heavy atom. The summed E-state index contributed by atoms with van der Waals surface area (Å²) in [7, 11) is 1.26. The van der Waals surface area contributed by atoms with Gasteiger partial charge < -0.3 is 15.6 Å². The fraction of sp³-hybridized carbons (Fsp3) is 0.900. The van der Waals surface area contributed by atoms with Crippen LogP contribution in [-0.2, 0) is 9.53 Å². The Hall–Kier alpha value is -0.610. The highest BCUT2D eigenvalue weighted by atomic mass is 16.5. The van der Waals surface area contributed by atoms with Crippen LogP contribution < -0.4 is 5.73 Å². The Balaban J connectivity index is 2.32. The normalized spacial score (nSPS) is 21.9. The molecular weight excluding hydrogens is 182 g/mol. The fourth-order valence-corrected chi connectivity index (χ4v) is 2.06. The van der Waals surface area contributed by atoms with E-state index in [1.54, 1.807) is 0 Å². The highest BCUT2D eigenvalue weighted by Crippen LogP contribution is 2.28. The molecule has 0 aromatic heterocycles. The van der Waals surface area contributed by atoms with Crippen LogP contribution in [-0.4, -0.2) is 30.3 Å². The average Bonchev–Trinajstić information content (AvgIpc) is 2.68. The molecular formula is C10H19NO3. The van der Waals surface area contributed by atoms with Crippen molar-refractivity contribution in [1.82, 2.24) is 0 Å². The maximum atomic E-state index is 11.0. The Kier molecular flexibility index (Phi) is 4.35. The first kappa shape index (κ1) is 11.5. The van der Waals surface area contributed by atoms with Gasteiger partial charge in [0.05, 0.1) is 7.11 Å². The molecule has 0 amide bonds. The molecule has 0 aromatic carbocycles. The minimum atomic E-state index is -1.17. The number of hydrogen-bond acceptors (Lipinski definition) is 4. The lowest BCUT2D eigenvalue weighted by molar-refractivity contribution is -0.151. The third-order valence-electron chi connectivity index (χ3n) is 2.93. The van der Waals surface area contributed by atoms with Gasteiger partial charge in [0, 0.05) is 6.04 Å². The maximum Gasteiger partial charge on any atom is 0.336 e. The summed E-state index contributed by atoms with van der Waals surface area (Å²) in [4.78, 5) is 11.0. The molecule has 0 aliphatic heterocycles. The van der Waals surface area contributed by atoms with E-state index in [0.717, 1.165) is 6.42 Å². The lowest BCUT2D eigenvalue weighted by Gasteiger charge is -2.19. The van der Waals surface area contributed by atoms with Crippen molar-refractivity contribution in [2.75, 3.05) is 7.11 Å². The van der Waals surface area contributed by atoms with E-state index in [2.05, 4.69) is 4.74 Å². The van der Waals surface area contributed by atoms with Crippen LogP contribution in [0.5, 0.6) is 0 Å². The molecule has 14 heavy (non-hydrogen) atoms. The molecule has 4 heteroatoms. The number of esters is 1. The molecule has 4 nitrogen and oxygen atoms in total.